The van der Waals surface area contributed by atoms with Crippen LogP contribution in [-0.4, -0.2) is 49.3 Å². The van der Waals surface area contributed by atoms with E-state index in [1.807, 2.05) is 25.3 Å². The molecule has 0 unspecified atom stereocenters. The highest BCUT2D eigenvalue weighted by Crippen LogP contribution is 2.38. The molecule has 24 heavy (non-hydrogen) atoms. The Labute approximate surface area is 140 Å². The predicted molar refractivity (Wildman–Crippen MR) is 88.4 cm³/mol. The van der Waals surface area contributed by atoms with Crippen LogP contribution in [0.1, 0.15) is 37.5 Å². The summed E-state index contributed by atoms with van der Waals surface area (Å²) < 4.78 is 7.67. The van der Waals surface area contributed by atoms with Crippen LogP contribution < -0.4 is 0 Å². The highest BCUT2D eigenvalue weighted by atomic mass is 16.6. The van der Waals surface area contributed by atoms with Crippen LogP contribution in [0.15, 0.2) is 24.5 Å². The zero-order chi connectivity index (χ0) is 16.8. The molecule has 2 fully saturated rings. The van der Waals surface area contributed by atoms with E-state index in [0.717, 1.165) is 36.6 Å². The SMILES string of the molecule is Cc1ccnc2c1ccn2[C@@H]1O[C@H]([C@H](O)C2CCCC2)[C@@H](O)[C@H]1O. The molecule has 2 aromatic rings. The van der Waals surface area contributed by atoms with E-state index in [1.54, 1.807) is 10.8 Å². The molecule has 1 saturated heterocycles. The van der Waals surface area contributed by atoms with Gasteiger partial charge < -0.3 is 24.6 Å². The molecule has 1 saturated carbocycles. The summed E-state index contributed by atoms with van der Waals surface area (Å²) in [6.07, 6.45) is 3.17. The molecule has 0 bridgehead atoms. The van der Waals surface area contributed by atoms with Crippen LogP contribution in [0.3, 0.4) is 0 Å². The quantitative estimate of drug-likeness (QED) is 0.793. The fraction of sp³-hybridized carbons (Fsp3) is 0.611. The number of aryl methyl sites for hydroxylation is 1. The number of hydrogen-bond donors (Lipinski definition) is 3. The molecule has 4 rings (SSSR count). The number of aliphatic hydroxyl groups excluding tert-OH is 3. The van der Waals surface area contributed by atoms with Crippen molar-refractivity contribution in [1.29, 1.82) is 0 Å². The van der Waals surface area contributed by atoms with E-state index in [-0.39, 0.29) is 5.92 Å². The monoisotopic (exact) mass is 332 g/mol. The Bertz CT molecular complexity index is 725. The van der Waals surface area contributed by atoms with Crippen molar-refractivity contribution in [2.24, 2.45) is 5.92 Å². The first kappa shape index (κ1) is 16.0. The van der Waals surface area contributed by atoms with Crippen LogP contribution in [0.5, 0.6) is 0 Å². The smallest absolute Gasteiger partial charge is 0.164 e. The van der Waals surface area contributed by atoms with Crippen molar-refractivity contribution in [1.82, 2.24) is 9.55 Å². The second-order valence-electron chi connectivity index (χ2n) is 7.10. The topological polar surface area (TPSA) is 87.7 Å². The number of ether oxygens (including phenoxy) is 1. The highest BCUT2D eigenvalue weighted by molar-refractivity contribution is 5.79. The van der Waals surface area contributed by atoms with Gasteiger partial charge in [0.25, 0.3) is 0 Å². The fourth-order valence-corrected chi connectivity index (χ4v) is 4.16. The molecule has 2 aromatic heterocycles. The standard InChI is InChI=1S/C18H24N2O4/c1-10-6-8-19-17-12(10)7-9-20(17)18-15(23)14(22)16(24-18)13(21)11-4-2-3-5-11/h6-9,11,13-16,18,21-23H,2-5H2,1H3/t13-,14+,15-,16-,18-/m1/s1. The lowest BCUT2D eigenvalue weighted by molar-refractivity contribution is -0.0997. The summed E-state index contributed by atoms with van der Waals surface area (Å²) in [6.45, 7) is 2.00. The first-order chi connectivity index (χ1) is 11.6. The molecular weight excluding hydrogens is 308 g/mol. The zero-order valence-corrected chi connectivity index (χ0v) is 13.7. The van der Waals surface area contributed by atoms with E-state index in [2.05, 4.69) is 4.98 Å². The molecule has 0 radical (unpaired) electrons. The maximum absolute atomic E-state index is 10.6. The Morgan fingerprint density at radius 2 is 1.96 bits per heavy atom. The number of aliphatic hydroxyl groups is 3. The fourth-order valence-electron chi connectivity index (χ4n) is 4.16. The Hall–Kier alpha value is -1.47. The van der Waals surface area contributed by atoms with Gasteiger partial charge in [0.2, 0.25) is 0 Å². The van der Waals surface area contributed by atoms with Crippen LogP contribution in [0.25, 0.3) is 11.0 Å². The van der Waals surface area contributed by atoms with Crippen molar-refractivity contribution in [2.75, 3.05) is 0 Å². The second-order valence-corrected chi connectivity index (χ2v) is 7.10. The number of rotatable bonds is 3. The number of fused-ring (bicyclic) bond motifs is 1. The molecule has 5 atom stereocenters. The van der Waals surface area contributed by atoms with Gasteiger partial charge in [0.15, 0.2) is 6.23 Å². The maximum atomic E-state index is 10.6. The number of pyridine rings is 1. The molecule has 3 N–H and O–H groups in total. The van der Waals surface area contributed by atoms with Crippen molar-refractivity contribution in [3.05, 3.63) is 30.1 Å². The van der Waals surface area contributed by atoms with Gasteiger partial charge in [-0.05, 0) is 43.4 Å². The minimum absolute atomic E-state index is 0.136. The molecule has 1 aliphatic carbocycles. The maximum Gasteiger partial charge on any atom is 0.164 e. The zero-order valence-electron chi connectivity index (χ0n) is 13.7. The van der Waals surface area contributed by atoms with Crippen LogP contribution in [0.4, 0.5) is 0 Å². The molecule has 2 aliphatic rings. The summed E-state index contributed by atoms with van der Waals surface area (Å²) >= 11 is 0. The van der Waals surface area contributed by atoms with Gasteiger partial charge in [-0.2, -0.15) is 0 Å². The molecular formula is C18H24N2O4. The van der Waals surface area contributed by atoms with Crippen molar-refractivity contribution in [3.8, 4) is 0 Å². The number of nitrogens with zero attached hydrogens (tertiary/aromatic N) is 2. The van der Waals surface area contributed by atoms with Crippen molar-refractivity contribution in [3.63, 3.8) is 0 Å². The number of aromatic nitrogens is 2. The van der Waals surface area contributed by atoms with Crippen LogP contribution >= 0.6 is 0 Å². The summed E-state index contributed by atoms with van der Waals surface area (Å²) in [6, 6.07) is 3.86. The number of hydrogen-bond acceptors (Lipinski definition) is 5. The van der Waals surface area contributed by atoms with Gasteiger partial charge in [0.05, 0.1) is 6.10 Å². The van der Waals surface area contributed by atoms with Gasteiger partial charge in [-0.1, -0.05) is 12.8 Å². The molecule has 0 aromatic carbocycles. The van der Waals surface area contributed by atoms with E-state index in [4.69, 9.17) is 4.74 Å². The Morgan fingerprint density at radius 1 is 1.21 bits per heavy atom. The Balaban J connectivity index is 1.62. The first-order valence-corrected chi connectivity index (χ1v) is 8.69. The Morgan fingerprint density at radius 3 is 2.71 bits per heavy atom. The van der Waals surface area contributed by atoms with E-state index < -0.39 is 30.6 Å². The summed E-state index contributed by atoms with van der Waals surface area (Å²) in [7, 11) is 0. The van der Waals surface area contributed by atoms with Gasteiger partial charge >= 0.3 is 0 Å². The molecule has 0 spiro atoms. The summed E-state index contributed by atoms with van der Waals surface area (Å²) in [5.74, 6) is 0.136. The molecule has 6 heteroatoms. The van der Waals surface area contributed by atoms with E-state index in [0.29, 0.717) is 5.65 Å². The lowest BCUT2D eigenvalue weighted by Crippen LogP contribution is -2.41. The van der Waals surface area contributed by atoms with E-state index in [1.165, 1.54) is 0 Å². The molecule has 1 aliphatic heterocycles. The van der Waals surface area contributed by atoms with Gasteiger partial charge in [-0.25, -0.2) is 4.98 Å². The van der Waals surface area contributed by atoms with Crippen LogP contribution in [-0.2, 0) is 4.74 Å². The van der Waals surface area contributed by atoms with Crippen LogP contribution in [0, 0.1) is 12.8 Å². The third kappa shape index (κ3) is 2.45. The van der Waals surface area contributed by atoms with Gasteiger partial charge in [-0.3, -0.25) is 0 Å². The summed E-state index contributed by atoms with van der Waals surface area (Å²) in [4.78, 5) is 4.38. The molecule has 3 heterocycles. The largest absolute Gasteiger partial charge is 0.390 e. The normalized spacial score (nSPS) is 32.7. The van der Waals surface area contributed by atoms with E-state index >= 15 is 0 Å². The third-order valence-electron chi connectivity index (χ3n) is 5.60. The van der Waals surface area contributed by atoms with Gasteiger partial charge in [-0.15, -0.1) is 0 Å². The summed E-state index contributed by atoms with van der Waals surface area (Å²) in [5.41, 5.74) is 1.80. The van der Waals surface area contributed by atoms with Crippen LogP contribution in [0.2, 0.25) is 0 Å². The lowest BCUT2D eigenvalue weighted by atomic mass is 9.93. The highest BCUT2D eigenvalue weighted by Gasteiger charge is 2.48. The first-order valence-electron chi connectivity index (χ1n) is 8.69. The minimum atomic E-state index is -1.10. The predicted octanol–water partition coefficient (Wildman–Crippen LogP) is 1.52. The average Bonchev–Trinajstić information content (AvgIpc) is 3.29. The van der Waals surface area contributed by atoms with Crippen molar-refractivity contribution in [2.45, 2.75) is 63.3 Å². The average molecular weight is 332 g/mol. The van der Waals surface area contributed by atoms with Gasteiger partial charge in [0, 0.05) is 17.8 Å². The third-order valence-corrected chi connectivity index (χ3v) is 5.60. The van der Waals surface area contributed by atoms with Gasteiger partial charge in [0.1, 0.15) is 24.0 Å². The van der Waals surface area contributed by atoms with E-state index in [9.17, 15) is 15.3 Å². The minimum Gasteiger partial charge on any atom is -0.390 e. The Kier molecular flexibility index (Phi) is 4.08. The molecule has 6 nitrogen and oxygen atoms in total. The molecule has 0 amide bonds. The van der Waals surface area contributed by atoms with Crippen molar-refractivity contribution < 1.29 is 20.1 Å². The lowest BCUT2D eigenvalue weighted by Gasteiger charge is -2.25. The molecule has 130 valence electrons. The van der Waals surface area contributed by atoms with Crippen molar-refractivity contribution >= 4 is 11.0 Å². The summed E-state index contributed by atoms with van der Waals surface area (Å²) in [5, 5.41) is 32.5. The second kappa shape index (κ2) is 6.11.